The Labute approximate surface area is 204 Å². The first-order valence-electron chi connectivity index (χ1n) is 11.1. The van der Waals surface area contributed by atoms with Crippen molar-refractivity contribution in [2.75, 3.05) is 24.9 Å². The van der Waals surface area contributed by atoms with E-state index in [2.05, 4.69) is 20.6 Å². The highest BCUT2D eigenvalue weighted by Gasteiger charge is 2.12. The first-order valence-corrected chi connectivity index (χ1v) is 11.1. The van der Waals surface area contributed by atoms with E-state index >= 15 is 0 Å². The summed E-state index contributed by atoms with van der Waals surface area (Å²) in [4.78, 5) is 25.7. The van der Waals surface area contributed by atoms with Crippen molar-refractivity contribution < 1.29 is 14.3 Å². The number of anilines is 2. The van der Waals surface area contributed by atoms with Gasteiger partial charge in [0.1, 0.15) is 5.82 Å². The number of nitrogens with zero attached hydrogens (tertiary/aromatic N) is 3. The van der Waals surface area contributed by atoms with Crippen LogP contribution in [-0.4, -0.2) is 35.1 Å². The normalized spacial score (nSPS) is 11.4. The van der Waals surface area contributed by atoms with Crippen LogP contribution in [0.3, 0.4) is 0 Å². The van der Waals surface area contributed by atoms with Crippen LogP contribution in [-0.2, 0) is 0 Å². The predicted octanol–water partition coefficient (Wildman–Crippen LogP) is 5.29. The zero-order chi connectivity index (χ0) is 24.8. The number of amides is 1. The van der Waals surface area contributed by atoms with Crippen molar-refractivity contribution in [1.29, 1.82) is 0 Å². The molecule has 0 aliphatic heterocycles. The van der Waals surface area contributed by atoms with Crippen LogP contribution in [0.5, 0.6) is 11.5 Å². The van der Waals surface area contributed by atoms with Crippen molar-refractivity contribution in [1.82, 2.24) is 15.0 Å². The van der Waals surface area contributed by atoms with Gasteiger partial charge in [-0.1, -0.05) is 12.1 Å². The molecule has 0 aliphatic rings. The fourth-order valence-electron chi connectivity index (χ4n) is 3.64. The van der Waals surface area contributed by atoms with Gasteiger partial charge in [0.15, 0.2) is 11.5 Å². The first-order chi connectivity index (χ1) is 17.0. The standard InChI is InChI=1S/C27H27N5O3/c1-17-10-21(14-28-13-17)27(33)31-22-7-5-6-19(11-22)18(2)30-26-16-29-15-23(32-26)20-8-9-24(34-3)25(12-20)35-4/h5-16,18H,1-4H3,(H,30,32)(H,31,33)/t18-/m1/s1. The van der Waals surface area contributed by atoms with Crippen molar-refractivity contribution in [2.45, 2.75) is 19.9 Å². The quantitative estimate of drug-likeness (QED) is 0.362. The van der Waals surface area contributed by atoms with Gasteiger partial charge in [0.2, 0.25) is 0 Å². The van der Waals surface area contributed by atoms with Gasteiger partial charge in [-0.3, -0.25) is 14.8 Å². The Hall–Kier alpha value is -4.46. The molecule has 0 fully saturated rings. The summed E-state index contributed by atoms with van der Waals surface area (Å²) in [6.07, 6.45) is 6.65. The number of benzene rings is 2. The number of carbonyl (C=O) groups is 1. The third-order valence-electron chi connectivity index (χ3n) is 5.46. The van der Waals surface area contributed by atoms with Crippen LogP contribution in [0, 0.1) is 6.92 Å². The fraction of sp³-hybridized carbons (Fsp3) is 0.185. The highest BCUT2D eigenvalue weighted by Crippen LogP contribution is 2.32. The van der Waals surface area contributed by atoms with Crippen LogP contribution in [0.4, 0.5) is 11.5 Å². The van der Waals surface area contributed by atoms with Crippen LogP contribution in [0.2, 0.25) is 0 Å². The van der Waals surface area contributed by atoms with Crippen LogP contribution >= 0.6 is 0 Å². The lowest BCUT2D eigenvalue weighted by atomic mass is 10.1. The SMILES string of the molecule is COc1ccc(-c2cncc(N[C@H](C)c3cccc(NC(=O)c4cncc(C)c4)c3)n2)cc1OC. The van der Waals surface area contributed by atoms with Crippen molar-refractivity contribution in [3.8, 4) is 22.8 Å². The second-order valence-electron chi connectivity index (χ2n) is 8.06. The lowest BCUT2D eigenvalue weighted by Gasteiger charge is -2.17. The van der Waals surface area contributed by atoms with E-state index in [1.54, 1.807) is 45.1 Å². The molecular formula is C27H27N5O3. The molecule has 0 saturated heterocycles. The molecule has 8 nitrogen and oxygen atoms in total. The molecule has 8 heteroatoms. The number of ether oxygens (including phenoxy) is 2. The van der Waals surface area contributed by atoms with Crippen molar-refractivity contribution in [2.24, 2.45) is 0 Å². The number of pyridine rings is 1. The molecule has 1 atom stereocenters. The van der Waals surface area contributed by atoms with Crippen molar-refractivity contribution in [3.05, 3.63) is 90.0 Å². The molecule has 0 spiro atoms. The van der Waals surface area contributed by atoms with Crippen LogP contribution in [0.15, 0.2) is 73.3 Å². The van der Waals surface area contributed by atoms with E-state index in [0.717, 1.165) is 16.7 Å². The summed E-state index contributed by atoms with van der Waals surface area (Å²) in [5, 5.41) is 6.33. The molecule has 178 valence electrons. The van der Waals surface area contributed by atoms with Gasteiger partial charge < -0.3 is 20.1 Å². The monoisotopic (exact) mass is 469 g/mol. The minimum atomic E-state index is -0.201. The summed E-state index contributed by atoms with van der Waals surface area (Å²) in [6, 6.07) is 15.0. The molecular weight excluding hydrogens is 442 g/mol. The zero-order valence-electron chi connectivity index (χ0n) is 20.1. The number of aromatic nitrogens is 3. The first kappa shape index (κ1) is 23.7. The summed E-state index contributed by atoms with van der Waals surface area (Å²) in [7, 11) is 3.20. The number of methoxy groups -OCH3 is 2. The maximum absolute atomic E-state index is 12.6. The Morgan fingerprint density at radius 3 is 2.49 bits per heavy atom. The average molecular weight is 470 g/mol. The Morgan fingerprint density at radius 2 is 1.71 bits per heavy atom. The lowest BCUT2D eigenvalue weighted by molar-refractivity contribution is 0.102. The van der Waals surface area contributed by atoms with Crippen molar-refractivity contribution >= 4 is 17.4 Å². The van der Waals surface area contributed by atoms with Gasteiger partial charge in [0.05, 0.1) is 43.9 Å². The molecule has 2 aromatic heterocycles. The maximum atomic E-state index is 12.6. The topological polar surface area (TPSA) is 98.3 Å². The third kappa shape index (κ3) is 5.73. The number of carbonyl (C=O) groups excluding carboxylic acids is 1. The largest absolute Gasteiger partial charge is 0.493 e. The molecule has 0 saturated carbocycles. The van der Waals surface area contributed by atoms with Crippen LogP contribution in [0.25, 0.3) is 11.3 Å². The highest BCUT2D eigenvalue weighted by atomic mass is 16.5. The van der Waals surface area contributed by atoms with E-state index in [9.17, 15) is 4.79 Å². The summed E-state index contributed by atoms with van der Waals surface area (Å²) in [5.41, 5.74) is 4.71. The molecule has 2 aromatic carbocycles. The lowest BCUT2D eigenvalue weighted by Crippen LogP contribution is -2.13. The second kappa shape index (κ2) is 10.6. The number of rotatable bonds is 8. The zero-order valence-corrected chi connectivity index (χ0v) is 20.1. The smallest absolute Gasteiger partial charge is 0.257 e. The summed E-state index contributed by atoms with van der Waals surface area (Å²) < 4.78 is 10.7. The minimum Gasteiger partial charge on any atom is -0.493 e. The molecule has 2 N–H and O–H groups in total. The average Bonchev–Trinajstić information content (AvgIpc) is 2.88. The van der Waals surface area contributed by atoms with E-state index in [4.69, 9.17) is 14.5 Å². The molecule has 0 bridgehead atoms. The Morgan fingerprint density at radius 1 is 0.914 bits per heavy atom. The second-order valence-corrected chi connectivity index (χ2v) is 8.06. The van der Waals surface area contributed by atoms with Crippen molar-refractivity contribution in [3.63, 3.8) is 0 Å². The van der Waals surface area contributed by atoms with E-state index in [1.165, 1.54) is 0 Å². The number of hydrogen-bond acceptors (Lipinski definition) is 7. The van der Waals surface area contributed by atoms with Gasteiger partial charge in [0, 0.05) is 23.6 Å². The van der Waals surface area contributed by atoms with Gasteiger partial charge >= 0.3 is 0 Å². The Balaban J connectivity index is 1.49. The van der Waals surface area contributed by atoms with Crippen LogP contribution in [0.1, 0.15) is 34.5 Å². The predicted molar refractivity (Wildman–Crippen MR) is 136 cm³/mol. The fourth-order valence-corrected chi connectivity index (χ4v) is 3.64. The van der Waals surface area contributed by atoms with Gasteiger partial charge in [0.25, 0.3) is 5.91 Å². The van der Waals surface area contributed by atoms with E-state index < -0.39 is 0 Å². The third-order valence-corrected chi connectivity index (χ3v) is 5.46. The molecule has 1 amide bonds. The Kier molecular flexibility index (Phi) is 7.21. The van der Waals surface area contributed by atoms with Gasteiger partial charge in [-0.25, -0.2) is 4.98 Å². The molecule has 2 heterocycles. The van der Waals surface area contributed by atoms with Gasteiger partial charge in [-0.15, -0.1) is 0 Å². The van der Waals surface area contributed by atoms with Gasteiger partial charge in [-0.05, 0) is 61.4 Å². The molecule has 0 unspecified atom stereocenters. The van der Waals surface area contributed by atoms with E-state index in [0.29, 0.717) is 34.3 Å². The van der Waals surface area contributed by atoms with E-state index in [-0.39, 0.29) is 11.9 Å². The molecule has 0 aliphatic carbocycles. The summed E-state index contributed by atoms with van der Waals surface area (Å²) in [5.74, 6) is 1.70. The Bertz CT molecular complexity index is 1340. The molecule has 35 heavy (non-hydrogen) atoms. The summed E-state index contributed by atoms with van der Waals surface area (Å²) >= 11 is 0. The highest BCUT2D eigenvalue weighted by molar-refractivity contribution is 6.04. The van der Waals surface area contributed by atoms with Crippen LogP contribution < -0.4 is 20.1 Å². The molecule has 0 radical (unpaired) electrons. The molecule has 4 rings (SSSR count). The minimum absolute atomic E-state index is 0.0811. The number of hydrogen-bond donors (Lipinski definition) is 2. The number of aryl methyl sites for hydroxylation is 1. The van der Waals surface area contributed by atoms with Gasteiger partial charge in [-0.2, -0.15) is 0 Å². The maximum Gasteiger partial charge on any atom is 0.257 e. The number of nitrogens with one attached hydrogen (secondary N) is 2. The summed E-state index contributed by atoms with van der Waals surface area (Å²) in [6.45, 7) is 3.93. The van der Waals surface area contributed by atoms with E-state index in [1.807, 2.05) is 56.3 Å². The molecule has 4 aromatic rings.